The fourth-order valence-electron chi connectivity index (χ4n) is 2.21. The molecule has 2 atom stereocenters. The quantitative estimate of drug-likeness (QED) is 0.778. The second-order valence-corrected chi connectivity index (χ2v) is 5.96. The highest BCUT2D eigenvalue weighted by molar-refractivity contribution is 5.97. The number of carbonyl (C=O) groups is 1. The summed E-state index contributed by atoms with van der Waals surface area (Å²) in [6, 6.07) is 5.70. The molecule has 4 heteroatoms. The predicted molar refractivity (Wildman–Crippen MR) is 90.5 cm³/mol. The SMILES string of the molecule is CCC[C@@](C)(OC)C(=O)Nc1ccc(O[C@@H](C)CC)c(C)c1. The Hall–Kier alpha value is -1.55. The van der Waals surface area contributed by atoms with Crippen molar-refractivity contribution in [3.8, 4) is 5.75 Å². The van der Waals surface area contributed by atoms with Crippen LogP contribution in [0.25, 0.3) is 0 Å². The molecule has 0 fully saturated rings. The third-order valence-corrected chi connectivity index (χ3v) is 3.99. The van der Waals surface area contributed by atoms with Crippen LogP contribution in [-0.2, 0) is 9.53 Å². The third-order valence-electron chi connectivity index (χ3n) is 3.99. The number of benzene rings is 1. The molecule has 1 rings (SSSR count). The van der Waals surface area contributed by atoms with Crippen LogP contribution < -0.4 is 10.1 Å². The lowest BCUT2D eigenvalue weighted by Gasteiger charge is -2.26. The minimum Gasteiger partial charge on any atom is -0.490 e. The average Bonchev–Trinajstić information content (AvgIpc) is 2.49. The second-order valence-electron chi connectivity index (χ2n) is 5.96. The second kappa shape index (κ2) is 8.18. The van der Waals surface area contributed by atoms with E-state index in [4.69, 9.17) is 9.47 Å². The Morgan fingerprint density at radius 1 is 1.36 bits per heavy atom. The lowest BCUT2D eigenvalue weighted by molar-refractivity contribution is -0.136. The van der Waals surface area contributed by atoms with Crippen LogP contribution >= 0.6 is 0 Å². The molecule has 1 aromatic rings. The van der Waals surface area contributed by atoms with Gasteiger partial charge in [0, 0.05) is 12.8 Å². The van der Waals surface area contributed by atoms with Crippen molar-refractivity contribution in [3.05, 3.63) is 23.8 Å². The van der Waals surface area contributed by atoms with E-state index in [1.165, 1.54) is 0 Å². The molecule has 1 N–H and O–H groups in total. The van der Waals surface area contributed by atoms with Crippen molar-refractivity contribution in [1.29, 1.82) is 0 Å². The summed E-state index contributed by atoms with van der Waals surface area (Å²) in [5, 5.41) is 2.93. The largest absolute Gasteiger partial charge is 0.490 e. The summed E-state index contributed by atoms with van der Waals surface area (Å²) < 4.78 is 11.2. The van der Waals surface area contributed by atoms with Crippen LogP contribution in [0.2, 0.25) is 0 Å². The van der Waals surface area contributed by atoms with E-state index in [2.05, 4.69) is 12.2 Å². The number of aryl methyl sites for hydroxylation is 1. The summed E-state index contributed by atoms with van der Waals surface area (Å²) in [6.07, 6.45) is 2.71. The molecule has 0 spiro atoms. The molecule has 22 heavy (non-hydrogen) atoms. The standard InChI is InChI=1S/C18H29NO3/c1-7-11-18(5,21-6)17(20)19-15-9-10-16(13(3)12-15)22-14(4)8-2/h9-10,12,14H,7-8,11H2,1-6H3,(H,19,20)/t14-,18+/m0/s1. The van der Waals surface area contributed by atoms with Crippen molar-refractivity contribution in [3.63, 3.8) is 0 Å². The molecule has 0 heterocycles. The van der Waals surface area contributed by atoms with Gasteiger partial charge in [-0.25, -0.2) is 0 Å². The first-order chi connectivity index (χ1) is 10.4. The minimum absolute atomic E-state index is 0.119. The molecule has 0 bridgehead atoms. The van der Waals surface area contributed by atoms with Gasteiger partial charge in [-0.3, -0.25) is 4.79 Å². The smallest absolute Gasteiger partial charge is 0.256 e. The first-order valence-corrected chi connectivity index (χ1v) is 8.00. The van der Waals surface area contributed by atoms with Crippen LogP contribution in [0.5, 0.6) is 5.75 Å². The summed E-state index contributed by atoms with van der Waals surface area (Å²) in [4.78, 5) is 12.4. The first-order valence-electron chi connectivity index (χ1n) is 8.00. The number of carbonyl (C=O) groups excluding carboxylic acids is 1. The van der Waals surface area contributed by atoms with Gasteiger partial charge in [0.1, 0.15) is 11.4 Å². The van der Waals surface area contributed by atoms with Crippen molar-refractivity contribution < 1.29 is 14.3 Å². The van der Waals surface area contributed by atoms with Gasteiger partial charge in [-0.2, -0.15) is 0 Å². The molecule has 0 aliphatic heterocycles. The molecular formula is C18H29NO3. The van der Waals surface area contributed by atoms with E-state index in [0.29, 0.717) is 6.42 Å². The Labute approximate surface area is 134 Å². The van der Waals surface area contributed by atoms with Gasteiger partial charge in [0.05, 0.1) is 6.10 Å². The molecule has 0 radical (unpaired) electrons. The molecule has 0 aliphatic rings. The van der Waals surface area contributed by atoms with Gasteiger partial charge in [0.2, 0.25) is 0 Å². The van der Waals surface area contributed by atoms with Gasteiger partial charge in [-0.1, -0.05) is 20.3 Å². The summed E-state index contributed by atoms with van der Waals surface area (Å²) >= 11 is 0. The van der Waals surface area contributed by atoms with Gasteiger partial charge in [0.25, 0.3) is 5.91 Å². The summed E-state index contributed by atoms with van der Waals surface area (Å²) in [6.45, 7) is 9.97. The van der Waals surface area contributed by atoms with Crippen LogP contribution in [0.15, 0.2) is 18.2 Å². The number of rotatable bonds is 8. The van der Waals surface area contributed by atoms with E-state index in [0.717, 1.165) is 29.8 Å². The molecule has 0 saturated heterocycles. The Balaban J connectivity index is 2.82. The van der Waals surface area contributed by atoms with E-state index in [-0.39, 0.29) is 12.0 Å². The van der Waals surface area contributed by atoms with Crippen LogP contribution in [0.4, 0.5) is 5.69 Å². The molecular weight excluding hydrogens is 278 g/mol. The van der Waals surface area contributed by atoms with Gasteiger partial charge in [-0.05, 0) is 57.4 Å². The summed E-state index contributed by atoms with van der Waals surface area (Å²) in [5.74, 6) is 0.738. The zero-order valence-electron chi connectivity index (χ0n) is 14.7. The predicted octanol–water partition coefficient (Wildman–Crippen LogP) is 4.32. The molecule has 1 amide bonds. The van der Waals surface area contributed by atoms with Gasteiger partial charge in [0.15, 0.2) is 0 Å². The Bertz CT molecular complexity index is 501. The molecule has 0 aromatic heterocycles. The highest BCUT2D eigenvalue weighted by atomic mass is 16.5. The van der Waals surface area contributed by atoms with Crippen molar-refractivity contribution in [2.45, 2.75) is 65.6 Å². The zero-order chi connectivity index (χ0) is 16.8. The third kappa shape index (κ3) is 4.73. The van der Waals surface area contributed by atoms with Gasteiger partial charge < -0.3 is 14.8 Å². The Kier molecular flexibility index (Phi) is 6.88. The maximum atomic E-state index is 12.4. The van der Waals surface area contributed by atoms with Crippen molar-refractivity contribution in [2.24, 2.45) is 0 Å². The van der Waals surface area contributed by atoms with Gasteiger partial charge in [-0.15, -0.1) is 0 Å². The monoisotopic (exact) mass is 307 g/mol. The lowest BCUT2D eigenvalue weighted by Crippen LogP contribution is -2.41. The topological polar surface area (TPSA) is 47.6 Å². The molecule has 0 unspecified atom stereocenters. The van der Waals surface area contributed by atoms with Crippen molar-refractivity contribution in [1.82, 2.24) is 0 Å². The van der Waals surface area contributed by atoms with E-state index in [1.54, 1.807) is 7.11 Å². The zero-order valence-corrected chi connectivity index (χ0v) is 14.7. The average molecular weight is 307 g/mol. The number of hydrogen-bond acceptors (Lipinski definition) is 3. The number of nitrogens with one attached hydrogen (secondary N) is 1. The lowest BCUT2D eigenvalue weighted by atomic mass is 9.99. The Morgan fingerprint density at radius 3 is 2.55 bits per heavy atom. The number of hydrogen-bond donors (Lipinski definition) is 1. The number of amides is 1. The van der Waals surface area contributed by atoms with Crippen LogP contribution in [-0.4, -0.2) is 24.7 Å². The maximum absolute atomic E-state index is 12.4. The van der Waals surface area contributed by atoms with E-state index >= 15 is 0 Å². The van der Waals surface area contributed by atoms with Crippen LogP contribution in [0, 0.1) is 6.92 Å². The molecule has 4 nitrogen and oxygen atoms in total. The fraction of sp³-hybridized carbons (Fsp3) is 0.611. The molecule has 0 aliphatic carbocycles. The van der Waals surface area contributed by atoms with Crippen LogP contribution in [0.3, 0.4) is 0 Å². The maximum Gasteiger partial charge on any atom is 0.256 e. The van der Waals surface area contributed by atoms with Gasteiger partial charge >= 0.3 is 0 Å². The summed E-state index contributed by atoms with van der Waals surface area (Å²) in [5.41, 5.74) is 0.972. The summed E-state index contributed by atoms with van der Waals surface area (Å²) in [7, 11) is 1.57. The fourth-order valence-corrected chi connectivity index (χ4v) is 2.21. The van der Waals surface area contributed by atoms with E-state index in [1.807, 2.05) is 45.9 Å². The number of ether oxygens (including phenoxy) is 2. The minimum atomic E-state index is -0.797. The van der Waals surface area contributed by atoms with Crippen molar-refractivity contribution in [2.75, 3.05) is 12.4 Å². The van der Waals surface area contributed by atoms with Crippen LogP contribution in [0.1, 0.15) is 52.5 Å². The molecule has 0 saturated carbocycles. The van der Waals surface area contributed by atoms with Crippen molar-refractivity contribution >= 4 is 11.6 Å². The highest BCUT2D eigenvalue weighted by Gasteiger charge is 2.32. The normalized spacial score (nSPS) is 15.0. The first kappa shape index (κ1) is 18.5. The number of methoxy groups -OCH3 is 1. The molecule has 124 valence electrons. The molecule has 1 aromatic carbocycles. The van der Waals surface area contributed by atoms with E-state index < -0.39 is 5.60 Å². The number of anilines is 1. The van der Waals surface area contributed by atoms with E-state index in [9.17, 15) is 4.79 Å². The Morgan fingerprint density at radius 2 is 2.05 bits per heavy atom. The highest BCUT2D eigenvalue weighted by Crippen LogP contribution is 2.25.